The maximum Gasteiger partial charge on any atom is 0.242 e. The number of hydrogen-bond acceptors (Lipinski definition) is 5. The first-order valence-corrected chi connectivity index (χ1v) is 7.98. The van der Waals surface area contributed by atoms with Crippen LogP contribution in [-0.2, 0) is 17.8 Å². The highest BCUT2D eigenvalue weighted by atomic mass is 35.5. The zero-order valence-electron chi connectivity index (χ0n) is 13.1. The van der Waals surface area contributed by atoms with Crippen LogP contribution in [0.3, 0.4) is 0 Å². The van der Waals surface area contributed by atoms with Crippen molar-refractivity contribution >= 4 is 23.3 Å². The second kappa shape index (κ2) is 6.64. The highest BCUT2D eigenvalue weighted by Gasteiger charge is 2.24. The summed E-state index contributed by atoms with van der Waals surface area (Å²) in [6.07, 6.45) is 3.31. The zero-order valence-corrected chi connectivity index (χ0v) is 13.8. The maximum atomic E-state index is 12.3. The standard InChI is InChI=1S/C15H19ClN6O/c1-9(15(23)19-13-5-3-11(16)7-17-13)18-12-4-6-14-21-20-10(2)22(14)8-12/h3,5,7,9,12,18H,4,6,8H2,1-2H3,(H,17,19,23)/t9-,12+/m0/s1. The van der Waals surface area contributed by atoms with Gasteiger partial charge in [-0.15, -0.1) is 10.2 Å². The minimum absolute atomic E-state index is 0.119. The molecular weight excluding hydrogens is 316 g/mol. The molecule has 0 saturated carbocycles. The van der Waals surface area contributed by atoms with Gasteiger partial charge in [-0.25, -0.2) is 4.98 Å². The van der Waals surface area contributed by atoms with E-state index in [1.54, 1.807) is 12.1 Å². The van der Waals surface area contributed by atoms with Crippen molar-refractivity contribution < 1.29 is 4.79 Å². The second-order valence-electron chi connectivity index (χ2n) is 5.75. The Morgan fingerprint density at radius 1 is 1.43 bits per heavy atom. The summed E-state index contributed by atoms with van der Waals surface area (Å²) in [6.45, 7) is 4.58. The van der Waals surface area contributed by atoms with E-state index < -0.39 is 0 Å². The van der Waals surface area contributed by atoms with Crippen LogP contribution in [0.25, 0.3) is 0 Å². The lowest BCUT2D eigenvalue weighted by Gasteiger charge is -2.27. The number of halogens is 1. The normalized spacial score (nSPS) is 18.3. The van der Waals surface area contributed by atoms with E-state index in [-0.39, 0.29) is 18.0 Å². The molecule has 2 N–H and O–H groups in total. The quantitative estimate of drug-likeness (QED) is 0.886. The second-order valence-corrected chi connectivity index (χ2v) is 6.19. The van der Waals surface area contributed by atoms with E-state index in [2.05, 4.69) is 30.4 Å². The Morgan fingerprint density at radius 2 is 2.26 bits per heavy atom. The predicted molar refractivity (Wildman–Crippen MR) is 87.3 cm³/mol. The largest absolute Gasteiger partial charge is 0.314 e. The third-order valence-corrected chi connectivity index (χ3v) is 4.21. The molecule has 2 aromatic heterocycles. The van der Waals surface area contributed by atoms with E-state index in [0.29, 0.717) is 10.8 Å². The fourth-order valence-electron chi connectivity index (χ4n) is 2.71. The number of pyridine rings is 1. The smallest absolute Gasteiger partial charge is 0.242 e. The van der Waals surface area contributed by atoms with Gasteiger partial charge in [-0.1, -0.05) is 11.6 Å². The molecular formula is C15H19ClN6O. The Morgan fingerprint density at radius 3 is 3.00 bits per heavy atom. The van der Waals surface area contributed by atoms with Gasteiger partial charge in [0.2, 0.25) is 5.91 Å². The van der Waals surface area contributed by atoms with Crippen LogP contribution < -0.4 is 10.6 Å². The number of carbonyl (C=O) groups is 1. The summed E-state index contributed by atoms with van der Waals surface area (Å²) in [5.41, 5.74) is 0. The lowest BCUT2D eigenvalue weighted by atomic mass is 10.1. The van der Waals surface area contributed by atoms with Crippen molar-refractivity contribution in [1.29, 1.82) is 0 Å². The van der Waals surface area contributed by atoms with Crippen molar-refractivity contribution in [3.8, 4) is 0 Å². The average Bonchev–Trinajstić information content (AvgIpc) is 2.90. The van der Waals surface area contributed by atoms with Crippen molar-refractivity contribution in [3.63, 3.8) is 0 Å². The summed E-state index contributed by atoms with van der Waals surface area (Å²) < 4.78 is 2.10. The Balaban J connectivity index is 1.56. The van der Waals surface area contributed by atoms with Crippen LogP contribution in [0.4, 0.5) is 5.82 Å². The number of carbonyl (C=O) groups excluding carboxylic acids is 1. The van der Waals surface area contributed by atoms with Crippen molar-refractivity contribution in [1.82, 2.24) is 25.1 Å². The van der Waals surface area contributed by atoms with Gasteiger partial charge in [0, 0.05) is 25.2 Å². The van der Waals surface area contributed by atoms with Crippen molar-refractivity contribution in [2.45, 2.75) is 45.3 Å². The van der Waals surface area contributed by atoms with Gasteiger partial charge in [0.05, 0.1) is 11.1 Å². The molecule has 23 heavy (non-hydrogen) atoms. The summed E-state index contributed by atoms with van der Waals surface area (Å²) in [5.74, 6) is 2.30. The monoisotopic (exact) mass is 334 g/mol. The molecule has 1 amide bonds. The van der Waals surface area contributed by atoms with Gasteiger partial charge in [0.25, 0.3) is 0 Å². The highest BCUT2D eigenvalue weighted by Crippen LogP contribution is 2.15. The highest BCUT2D eigenvalue weighted by molar-refractivity contribution is 6.30. The minimum Gasteiger partial charge on any atom is -0.314 e. The van der Waals surface area contributed by atoms with Gasteiger partial charge in [-0.3, -0.25) is 4.79 Å². The lowest BCUT2D eigenvalue weighted by molar-refractivity contribution is -0.118. The van der Waals surface area contributed by atoms with Gasteiger partial charge in [-0.05, 0) is 32.4 Å². The van der Waals surface area contributed by atoms with Gasteiger partial charge in [0.15, 0.2) is 0 Å². The van der Waals surface area contributed by atoms with Crippen LogP contribution in [0, 0.1) is 6.92 Å². The van der Waals surface area contributed by atoms with Crippen LogP contribution >= 0.6 is 11.6 Å². The van der Waals surface area contributed by atoms with E-state index in [0.717, 1.165) is 31.0 Å². The molecule has 3 heterocycles. The molecule has 0 unspecified atom stereocenters. The van der Waals surface area contributed by atoms with E-state index in [1.165, 1.54) is 6.20 Å². The van der Waals surface area contributed by atoms with E-state index in [4.69, 9.17) is 11.6 Å². The molecule has 0 bridgehead atoms. The number of hydrogen-bond donors (Lipinski definition) is 2. The Hall–Kier alpha value is -1.99. The molecule has 2 aromatic rings. The molecule has 3 rings (SSSR count). The predicted octanol–water partition coefficient (Wildman–Crippen LogP) is 1.57. The number of nitrogens with zero attached hydrogens (tertiary/aromatic N) is 4. The molecule has 0 saturated heterocycles. The first-order valence-electron chi connectivity index (χ1n) is 7.60. The van der Waals surface area contributed by atoms with Crippen LogP contribution in [0.2, 0.25) is 5.02 Å². The van der Waals surface area contributed by atoms with Gasteiger partial charge >= 0.3 is 0 Å². The molecule has 0 spiro atoms. The van der Waals surface area contributed by atoms with Crippen molar-refractivity contribution in [2.75, 3.05) is 5.32 Å². The zero-order chi connectivity index (χ0) is 16.4. The van der Waals surface area contributed by atoms with Gasteiger partial charge in [-0.2, -0.15) is 0 Å². The van der Waals surface area contributed by atoms with Crippen molar-refractivity contribution in [3.05, 3.63) is 35.0 Å². The fraction of sp³-hybridized carbons (Fsp3) is 0.467. The number of aromatic nitrogens is 4. The summed E-state index contributed by atoms with van der Waals surface area (Å²) in [5, 5.41) is 14.9. The Labute approximate surface area is 139 Å². The van der Waals surface area contributed by atoms with Crippen LogP contribution in [0.5, 0.6) is 0 Å². The Bertz CT molecular complexity index is 698. The van der Waals surface area contributed by atoms with E-state index >= 15 is 0 Å². The molecule has 0 fully saturated rings. The molecule has 2 atom stereocenters. The van der Waals surface area contributed by atoms with E-state index in [9.17, 15) is 4.79 Å². The number of nitrogens with one attached hydrogen (secondary N) is 2. The molecule has 1 aliphatic heterocycles. The summed E-state index contributed by atoms with van der Waals surface area (Å²) >= 11 is 5.78. The third-order valence-electron chi connectivity index (χ3n) is 3.99. The van der Waals surface area contributed by atoms with Crippen LogP contribution in [0.1, 0.15) is 25.0 Å². The molecule has 1 aliphatic rings. The average molecular weight is 335 g/mol. The maximum absolute atomic E-state index is 12.3. The number of amides is 1. The third kappa shape index (κ3) is 3.68. The topological polar surface area (TPSA) is 84.7 Å². The summed E-state index contributed by atoms with van der Waals surface area (Å²) in [6, 6.07) is 3.27. The number of aryl methyl sites for hydroxylation is 2. The molecule has 122 valence electrons. The molecule has 7 nitrogen and oxygen atoms in total. The number of fused-ring (bicyclic) bond motifs is 1. The van der Waals surface area contributed by atoms with E-state index in [1.807, 2.05) is 13.8 Å². The van der Waals surface area contributed by atoms with Crippen LogP contribution in [-0.4, -0.2) is 37.7 Å². The molecule has 0 radical (unpaired) electrons. The first kappa shape index (κ1) is 15.9. The minimum atomic E-state index is -0.323. The Kier molecular flexibility index (Phi) is 4.58. The first-order chi connectivity index (χ1) is 11.0. The molecule has 8 heteroatoms. The number of rotatable bonds is 4. The van der Waals surface area contributed by atoms with Crippen molar-refractivity contribution in [2.24, 2.45) is 0 Å². The lowest BCUT2D eigenvalue weighted by Crippen LogP contribution is -2.47. The SMILES string of the molecule is Cc1nnc2n1C[C@H](N[C@@H](C)C(=O)Nc1ccc(Cl)cn1)CC2. The van der Waals surface area contributed by atoms with Crippen LogP contribution in [0.15, 0.2) is 18.3 Å². The molecule has 0 aliphatic carbocycles. The van der Waals surface area contributed by atoms with Gasteiger partial charge < -0.3 is 15.2 Å². The number of anilines is 1. The summed E-state index contributed by atoms with van der Waals surface area (Å²) in [7, 11) is 0. The molecule has 0 aromatic carbocycles. The fourth-order valence-corrected chi connectivity index (χ4v) is 2.82. The summed E-state index contributed by atoms with van der Waals surface area (Å²) in [4.78, 5) is 16.3. The van der Waals surface area contributed by atoms with Gasteiger partial charge in [0.1, 0.15) is 17.5 Å².